The fourth-order valence-corrected chi connectivity index (χ4v) is 4.87. The predicted molar refractivity (Wildman–Crippen MR) is 119 cm³/mol. The molecule has 0 bridgehead atoms. The Labute approximate surface area is 180 Å². The van der Waals surface area contributed by atoms with Crippen molar-refractivity contribution in [1.29, 1.82) is 0 Å². The summed E-state index contributed by atoms with van der Waals surface area (Å²) in [6.07, 6.45) is 5.38. The summed E-state index contributed by atoms with van der Waals surface area (Å²) in [7, 11) is 0. The van der Waals surface area contributed by atoms with E-state index >= 15 is 0 Å². The fraction of sp³-hybridized carbons (Fsp3) is 0.583. The summed E-state index contributed by atoms with van der Waals surface area (Å²) < 4.78 is 2.01. The molecule has 2 fully saturated rings. The van der Waals surface area contributed by atoms with Crippen LogP contribution in [0.2, 0.25) is 0 Å². The highest BCUT2D eigenvalue weighted by molar-refractivity contribution is 5.78. The van der Waals surface area contributed by atoms with Crippen LogP contribution in [0.1, 0.15) is 31.4 Å². The first kappa shape index (κ1) is 21.1. The number of hydrogen-bond acceptors (Lipinski definition) is 4. The summed E-state index contributed by atoms with van der Waals surface area (Å²) >= 11 is 0. The number of piperazine rings is 1. The van der Waals surface area contributed by atoms with Crippen molar-refractivity contribution in [1.82, 2.24) is 24.5 Å². The second kappa shape index (κ2) is 9.75. The van der Waals surface area contributed by atoms with Gasteiger partial charge in [-0.05, 0) is 23.8 Å². The molecule has 0 saturated carbocycles. The smallest absolute Gasteiger partial charge is 0.236 e. The lowest BCUT2D eigenvalue weighted by atomic mass is 9.92. The van der Waals surface area contributed by atoms with Crippen molar-refractivity contribution < 1.29 is 4.79 Å². The number of likely N-dealkylation sites (tertiary alicyclic amines) is 1. The number of rotatable bonds is 6. The largest absolute Gasteiger partial charge is 0.341 e. The van der Waals surface area contributed by atoms with E-state index < -0.39 is 0 Å². The number of piperidine rings is 1. The molecule has 30 heavy (non-hydrogen) atoms. The first-order valence-electron chi connectivity index (χ1n) is 11.3. The lowest BCUT2D eigenvalue weighted by molar-refractivity contribution is -0.135. The Morgan fingerprint density at radius 1 is 0.933 bits per heavy atom. The van der Waals surface area contributed by atoms with Gasteiger partial charge in [0.1, 0.15) is 0 Å². The Balaban J connectivity index is 1.21. The minimum atomic E-state index is 0.309. The molecule has 0 N–H and O–H groups in total. The molecule has 1 amide bonds. The highest BCUT2D eigenvalue weighted by atomic mass is 16.2. The van der Waals surface area contributed by atoms with E-state index in [4.69, 9.17) is 0 Å². The van der Waals surface area contributed by atoms with Gasteiger partial charge in [0, 0.05) is 57.6 Å². The SMILES string of the molecule is C[C@@H]1C[C@@H](C)CN(C(=O)CN2CCN(Cc3cnn(Cc4ccccc4)c3)CC2)C1. The van der Waals surface area contributed by atoms with Gasteiger partial charge >= 0.3 is 0 Å². The third-order valence-electron chi connectivity index (χ3n) is 6.33. The van der Waals surface area contributed by atoms with Gasteiger partial charge in [-0.15, -0.1) is 0 Å². The van der Waals surface area contributed by atoms with E-state index in [2.05, 4.69) is 64.1 Å². The molecular weight excluding hydrogens is 374 g/mol. The maximum Gasteiger partial charge on any atom is 0.236 e. The van der Waals surface area contributed by atoms with Gasteiger partial charge in [0.05, 0.1) is 19.3 Å². The molecule has 2 saturated heterocycles. The van der Waals surface area contributed by atoms with Gasteiger partial charge < -0.3 is 4.90 Å². The molecule has 162 valence electrons. The third-order valence-corrected chi connectivity index (χ3v) is 6.33. The van der Waals surface area contributed by atoms with Crippen LogP contribution in [-0.4, -0.2) is 76.2 Å². The Morgan fingerprint density at radius 3 is 2.30 bits per heavy atom. The Hall–Kier alpha value is -2.18. The highest BCUT2D eigenvalue weighted by Gasteiger charge is 2.27. The zero-order chi connectivity index (χ0) is 20.9. The van der Waals surface area contributed by atoms with Crippen molar-refractivity contribution in [3.63, 3.8) is 0 Å². The molecule has 6 heteroatoms. The number of carbonyl (C=O) groups is 1. The van der Waals surface area contributed by atoms with Crippen LogP contribution in [0.3, 0.4) is 0 Å². The number of carbonyl (C=O) groups excluding carboxylic acids is 1. The zero-order valence-corrected chi connectivity index (χ0v) is 18.4. The monoisotopic (exact) mass is 409 g/mol. The van der Waals surface area contributed by atoms with Crippen LogP contribution in [0.4, 0.5) is 0 Å². The van der Waals surface area contributed by atoms with Gasteiger partial charge in [-0.25, -0.2) is 0 Å². The molecule has 0 unspecified atom stereocenters. The van der Waals surface area contributed by atoms with Crippen LogP contribution >= 0.6 is 0 Å². The molecule has 2 atom stereocenters. The number of aromatic nitrogens is 2. The van der Waals surface area contributed by atoms with E-state index in [1.807, 2.05) is 16.9 Å². The van der Waals surface area contributed by atoms with E-state index in [1.54, 1.807) is 0 Å². The highest BCUT2D eigenvalue weighted by Crippen LogP contribution is 2.21. The molecule has 4 rings (SSSR count). The van der Waals surface area contributed by atoms with Crippen molar-refractivity contribution in [2.45, 2.75) is 33.4 Å². The minimum Gasteiger partial charge on any atom is -0.341 e. The summed E-state index contributed by atoms with van der Waals surface area (Å²) in [5.41, 5.74) is 2.52. The van der Waals surface area contributed by atoms with Gasteiger partial charge in [-0.1, -0.05) is 44.2 Å². The van der Waals surface area contributed by atoms with Crippen molar-refractivity contribution >= 4 is 5.91 Å². The summed E-state index contributed by atoms with van der Waals surface area (Å²) in [5.74, 6) is 1.55. The number of hydrogen-bond donors (Lipinski definition) is 0. The average molecular weight is 410 g/mol. The van der Waals surface area contributed by atoms with E-state index in [-0.39, 0.29) is 0 Å². The normalized spacial score (nSPS) is 23.6. The maximum absolute atomic E-state index is 12.7. The Kier molecular flexibility index (Phi) is 6.85. The molecule has 1 aromatic carbocycles. The predicted octanol–water partition coefficient (Wildman–Crippen LogP) is 2.55. The fourth-order valence-electron chi connectivity index (χ4n) is 4.87. The van der Waals surface area contributed by atoms with Crippen molar-refractivity contribution in [3.05, 3.63) is 53.9 Å². The average Bonchev–Trinajstić information content (AvgIpc) is 3.16. The Morgan fingerprint density at radius 2 is 1.60 bits per heavy atom. The summed E-state index contributed by atoms with van der Waals surface area (Å²) in [6, 6.07) is 10.4. The zero-order valence-electron chi connectivity index (χ0n) is 18.4. The maximum atomic E-state index is 12.7. The van der Waals surface area contributed by atoms with Crippen molar-refractivity contribution in [3.8, 4) is 0 Å². The van der Waals surface area contributed by atoms with Gasteiger partial charge in [0.25, 0.3) is 0 Å². The molecule has 0 radical (unpaired) electrons. The Bertz CT molecular complexity index is 802. The van der Waals surface area contributed by atoms with E-state index in [0.717, 1.165) is 52.4 Å². The van der Waals surface area contributed by atoms with Crippen LogP contribution in [0.25, 0.3) is 0 Å². The van der Waals surface area contributed by atoms with Crippen LogP contribution in [0, 0.1) is 11.8 Å². The molecule has 0 aliphatic carbocycles. The second-order valence-electron chi connectivity index (χ2n) is 9.33. The van der Waals surface area contributed by atoms with Gasteiger partial charge in [-0.3, -0.25) is 19.3 Å². The molecule has 6 nitrogen and oxygen atoms in total. The van der Waals surface area contributed by atoms with Gasteiger partial charge in [0.15, 0.2) is 0 Å². The topological polar surface area (TPSA) is 44.6 Å². The first-order chi connectivity index (χ1) is 14.5. The lowest BCUT2D eigenvalue weighted by Crippen LogP contribution is -2.51. The van der Waals surface area contributed by atoms with Crippen LogP contribution in [0.15, 0.2) is 42.7 Å². The van der Waals surface area contributed by atoms with E-state index in [9.17, 15) is 4.79 Å². The number of amides is 1. The summed E-state index contributed by atoms with van der Waals surface area (Å²) in [5, 5.41) is 4.52. The van der Waals surface area contributed by atoms with E-state index in [0.29, 0.717) is 24.3 Å². The third kappa shape index (κ3) is 5.70. The molecule has 1 aromatic heterocycles. The summed E-state index contributed by atoms with van der Waals surface area (Å²) in [6.45, 7) is 12.6. The molecule has 3 heterocycles. The number of benzene rings is 1. The molecule has 2 aromatic rings. The molecule has 2 aliphatic heterocycles. The van der Waals surface area contributed by atoms with Crippen molar-refractivity contribution in [2.24, 2.45) is 11.8 Å². The lowest BCUT2D eigenvalue weighted by Gasteiger charge is -2.38. The molecule has 0 spiro atoms. The first-order valence-corrected chi connectivity index (χ1v) is 11.3. The molecular formula is C24H35N5O. The van der Waals surface area contributed by atoms with Crippen LogP contribution < -0.4 is 0 Å². The summed E-state index contributed by atoms with van der Waals surface area (Å²) in [4.78, 5) is 19.6. The van der Waals surface area contributed by atoms with Gasteiger partial charge in [0.2, 0.25) is 5.91 Å². The van der Waals surface area contributed by atoms with Crippen molar-refractivity contribution in [2.75, 3.05) is 45.8 Å². The van der Waals surface area contributed by atoms with Gasteiger partial charge in [-0.2, -0.15) is 5.10 Å². The number of nitrogens with zero attached hydrogens (tertiary/aromatic N) is 5. The minimum absolute atomic E-state index is 0.309. The van der Waals surface area contributed by atoms with E-state index in [1.165, 1.54) is 17.5 Å². The molecule has 2 aliphatic rings. The standard InChI is InChI=1S/C24H35N5O/c1-20-12-21(2)15-28(14-20)24(30)19-27-10-8-26(9-11-27)16-23-13-25-29(18-23)17-22-6-4-3-5-7-22/h3-7,13,18,20-21H,8-12,14-17,19H2,1-2H3/t20-,21-/m1/s1. The second-order valence-corrected chi connectivity index (χ2v) is 9.33. The van der Waals surface area contributed by atoms with Crippen LogP contribution in [0.5, 0.6) is 0 Å². The van der Waals surface area contributed by atoms with Crippen LogP contribution in [-0.2, 0) is 17.9 Å². The quantitative estimate of drug-likeness (QED) is 0.736.